The first-order chi connectivity index (χ1) is 16.1. The first-order valence-corrected chi connectivity index (χ1v) is 11.8. The van der Waals surface area contributed by atoms with Crippen LogP contribution in [0.1, 0.15) is 53.3 Å². The zero-order chi connectivity index (χ0) is 22.5. The highest BCUT2D eigenvalue weighted by molar-refractivity contribution is 6.00. The van der Waals surface area contributed by atoms with Crippen molar-refractivity contribution in [2.24, 2.45) is 5.92 Å². The van der Waals surface area contributed by atoms with Crippen molar-refractivity contribution in [1.29, 1.82) is 0 Å². The fourth-order valence-electron chi connectivity index (χ4n) is 5.78. The average molecular weight is 450 g/mol. The van der Waals surface area contributed by atoms with Crippen molar-refractivity contribution in [3.8, 4) is 0 Å². The number of hydrogen-bond donors (Lipinski definition) is 1. The first kappa shape index (κ1) is 20.5. The number of rotatable bonds is 4. The number of carbonyl (C=O) groups excluding carboxylic acids is 1. The van der Waals surface area contributed by atoms with Crippen LogP contribution < -0.4 is 10.2 Å². The number of amides is 1. The number of anilines is 1. The van der Waals surface area contributed by atoms with Crippen molar-refractivity contribution in [2.75, 3.05) is 31.1 Å². The molecule has 7 heterocycles. The Kier molecular flexibility index (Phi) is 5.01. The van der Waals surface area contributed by atoms with Crippen molar-refractivity contribution in [1.82, 2.24) is 29.8 Å². The minimum absolute atomic E-state index is 0.00943. The van der Waals surface area contributed by atoms with E-state index in [-0.39, 0.29) is 23.8 Å². The van der Waals surface area contributed by atoms with Gasteiger partial charge in [0.1, 0.15) is 17.2 Å². The van der Waals surface area contributed by atoms with Crippen LogP contribution in [0, 0.1) is 18.7 Å². The maximum absolute atomic E-state index is 13.9. The van der Waals surface area contributed by atoms with Crippen molar-refractivity contribution < 1.29 is 9.18 Å². The molecule has 4 fully saturated rings. The Bertz CT molecular complexity index is 1200. The molecule has 0 radical (unpaired) electrons. The van der Waals surface area contributed by atoms with Crippen LogP contribution in [0.5, 0.6) is 0 Å². The molecular weight excluding hydrogens is 421 g/mol. The Balaban J connectivity index is 1.28. The summed E-state index contributed by atoms with van der Waals surface area (Å²) in [4.78, 5) is 26.8. The van der Waals surface area contributed by atoms with Crippen molar-refractivity contribution in [3.05, 3.63) is 53.4 Å². The Morgan fingerprint density at radius 1 is 1.18 bits per heavy atom. The van der Waals surface area contributed by atoms with E-state index < -0.39 is 0 Å². The molecule has 0 aliphatic carbocycles. The van der Waals surface area contributed by atoms with E-state index in [1.54, 1.807) is 16.8 Å². The van der Waals surface area contributed by atoms with E-state index in [2.05, 4.69) is 25.2 Å². The highest BCUT2D eigenvalue weighted by Crippen LogP contribution is 2.36. The fourth-order valence-corrected chi connectivity index (χ4v) is 5.78. The third-order valence-electron chi connectivity index (χ3n) is 7.57. The Labute approximate surface area is 191 Å². The highest BCUT2D eigenvalue weighted by atomic mass is 19.1. The van der Waals surface area contributed by atoms with Crippen molar-refractivity contribution in [2.45, 2.75) is 44.7 Å². The summed E-state index contributed by atoms with van der Waals surface area (Å²) < 4.78 is 15.6. The van der Waals surface area contributed by atoms with Gasteiger partial charge in [0.15, 0.2) is 5.65 Å². The molecular formula is C24H28FN7O. The maximum Gasteiger partial charge on any atom is 0.257 e. The first-order valence-electron chi connectivity index (χ1n) is 11.8. The average Bonchev–Trinajstić information content (AvgIpc) is 3.48. The molecule has 2 atom stereocenters. The van der Waals surface area contributed by atoms with E-state index in [1.807, 2.05) is 19.2 Å². The largest absolute Gasteiger partial charge is 0.349 e. The van der Waals surface area contributed by atoms with E-state index in [9.17, 15) is 9.18 Å². The Morgan fingerprint density at radius 2 is 2.03 bits per heavy atom. The minimum Gasteiger partial charge on any atom is -0.349 e. The summed E-state index contributed by atoms with van der Waals surface area (Å²) in [5, 5.41) is 7.60. The number of carbonyl (C=O) groups is 1. The molecule has 0 unspecified atom stereocenters. The third kappa shape index (κ3) is 3.64. The van der Waals surface area contributed by atoms with Crippen molar-refractivity contribution >= 4 is 17.4 Å². The van der Waals surface area contributed by atoms with Crippen molar-refractivity contribution in [3.63, 3.8) is 0 Å². The second kappa shape index (κ2) is 8.06. The number of aryl methyl sites for hydroxylation is 1. The van der Waals surface area contributed by atoms with Gasteiger partial charge < -0.3 is 15.1 Å². The van der Waals surface area contributed by atoms with Crippen LogP contribution in [0.25, 0.3) is 5.65 Å². The molecule has 2 bridgehead atoms. The van der Waals surface area contributed by atoms with E-state index in [0.717, 1.165) is 68.9 Å². The summed E-state index contributed by atoms with van der Waals surface area (Å²) in [6.07, 6.45) is 8.89. The van der Waals surface area contributed by atoms with Crippen LogP contribution in [-0.4, -0.2) is 62.6 Å². The Morgan fingerprint density at radius 3 is 2.82 bits per heavy atom. The molecule has 7 rings (SSSR count). The van der Waals surface area contributed by atoms with Crippen LogP contribution in [0.2, 0.25) is 0 Å². The van der Waals surface area contributed by atoms with Gasteiger partial charge in [-0.3, -0.25) is 9.78 Å². The number of halogens is 1. The smallest absolute Gasteiger partial charge is 0.257 e. The molecule has 4 aliphatic rings. The monoisotopic (exact) mass is 449 g/mol. The molecule has 33 heavy (non-hydrogen) atoms. The van der Waals surface area contributed by atoms with Crippen LogP contribution in [0.4, 0.5) is 10.2 Å². The predicted molar refractivity (Wildman–Crippen MR) is 122 cm³/mol. The van der Waals surface area contributed by atoms with Gasteiger partial charge in [-0.15, -0.1) is 0 Å². The van der Waals surface area contributed by atoms with Gasteiger partial charge in [-0.2, -0.15) is 5.10 Å². The van der Waals surface area contributed by atoms with Gasteiger partial charge >= 0.3 is 0 Å². The molecule has 4 saturated heterocycles. The molecule has 4 aliphatic heterocycles. The molecule has 8 nitrogen and oxygen atoms in total. The highest BCUT2D eigenvalue weighted by Gasteiger charge is 2.35. The number of fused-ring (bicyclic) bond motifs is 4. The van der Waals surface area contributed by atoms with Crippen LogP contribution in [0.3, 0.4) is 0 Å². The summed E-state index contributed by atoms with van der Waals surface area (Å²) in [6, 6.07) is 3.69. The number of aromatic nitrogens is 4. The summed E-state index contributed by atoms with van der Waals surface area (Å²) >= 11 is 0. The molecule has 0 saturated carbocycles. The van der Waals surface area contributed by atoms with E-state index in [4.69, 9.17) is 4.98 Å². The van der Waals surface area contributed by atoms with Gasteiger partial charge in [-0.05, 0) is 69.3 Å². The van der Waals surface area contributed by atoms with E-state index >= 15 is 0 Å². The lowest BCUT2D eigenvalue weighted by Gasteiger charge is -2.44. The van der Waals surface area contributed by atoms with Crippen LogP contribution >= 0.6 is 0 Å². The van der Waals surface area contributed by atoms with Gasteiger partial charge in [0, 0.05) is 31.0 Å². The van der Waals surface area contributed by atoms with Crippen LogP contribution in [0.15, 0.2) is 30.7 Å². The maximum atomic E-state index is 13.9. The molecule has 1 amide bonds. The Hall–Kier alpha value is -3.07. The molecule has 3 aromatic heterocycles. The third-order valence-corrected chi connectivity index (χ3v) is 7.57. The fraction of sp³-hybridized carbons (Fsp3) is 0.500. The van der Waals surface area contributed by atoms with Gasteiger partial charge in [0.05, 0.1) is 18.4 Å². The lowest BCUT2D eigenvalue weighted by Crippen LogP contribution is -2.57. The summed E-state index contributed by atoms with van der Waals surface area (Å²) in [5.41, 5.74) is 2.76. The second-order valence-electron chi connectivity index (χ2n) is 9.51. The molecule has 9 heteroatoms. The lowest BCUT2D eigenvalue weighted by molar-refractivity contribution is 0.0621. The quantitative estimate of drug-likeness (QED) is 0.660. The lowest BCUT2D eigenvalue weighted by atomic mass is 9.84. The van der Waals surface area contributed by atoms with E-state index in [1.165, 1.54) is 6.20 Å². The summed E-state index contributed by atoms with van der Waals surface area (Å²) in [5.74, 6) is 0.883. The molecule has 3 aromatic rings. The number of hydrogen-bond acceptors (Lipinski definition) is 6. The molecule has 172 valence electrons. The predicted octanol–water partition coefficient (Wildman–Crippen LogP) is 2.74. The van der Waals surface area contributed by atoms with Gasteiger partial charge in [-0.1, -0.05) is 0 Å². The minimum atomic E-state index is -0.326. The van der Waals surface area contributed by atoms with Crippen LogP contribution in [-0.2, 0) is 0 Å². The van der Waals surface area contributed by atoms with E-state index in [0.29, 0.717) is 17.1 Å². The summed E-state index contributed by atoms with van der Waals surface area (Å²) in [7, 11) is 0. The SMILES string of the molecule is Cc1ncc(F)cc1[C@H]1CCCN1c1ccn2ncc(C(=O)N[C@H]3CN4CCC3CC4)c2n1. The zero-order valence-electron chi connectivity index (χ0n) is 18.7. The topological polar surface area (TPSA) is 78.7 Å². The molecule has 0 spiro atoms. The van der Waals surface area contributed by atoms with Gasteiger partial charge in [0.25, 0.3) is 5.91 Å². The standard InChI is InChI=1S/C24H28FN7O/c1-15-18(11-17(25)12-26-15)21-3-2-7-31(21)22-6-10-32-23(29-22)19(13-27-32)24(33)28-20-14-30-8-4-16(20)5-9-30/h6,10-13,16,20-21H,2-5,7-9,14H2,1H3,(H,28,33)/t20-,21+/m0/s1. The van der Waals surface area contributed by atoms with Gasteiger partial charge in [0.2, 0.25) is 0 Å². The number of piperidine rings is 3. The zero-order valence-corrected chi connectivity index (χ0v) is 18.7. The van der Waals surface area contributed by atoms with Gasteiger partial charge in [-0.25, -0.2) is 13.9 Å². The molecule has 1 N–H and O–H groups in total. The second-order valence-corrected chi connectivity index (χ2v) is 9.51. The summed E-state index contributed by atoms with van der Waals surface area (Å²) in [6.45, 7) is 5.92. The normalized spacial score (nSPS) is 26.8. The number of nitrogens with zero attached hydrogens (tertiary/aromatic N) is 6. The number of nitrogens with one attached hydrogen (secondary N) is 1. The molecule has 0 aromatic carbocycles. The number of pyridine rings is 1.